The minimum atomic E-state index is -0.512. The number of amides is 2. The number of urea groups is 1. The fourth-order valence-electron chi connectivity index (χ4n) is 2.13. The van der Waals surface area contributed by atoms with Crippen LogP contribution in [0.15, 0.2) is 18.2 Å². The number of halogens is 1. The molecular weight excluding hydrogens is 297 g/mol. The molecule has 1 aromatic carbocycles. The highest BCUT2D eigenvalue weighted by Gasteiger charge is 2.20. The van der Waals surface area contributed by atoms with Crippen molar-refractivity contribution in [2.75, 3.05) is 19.7 Å². The third-order valence-corrected chi connectivity index (χ3v) is 3.15. The summed E-state index contributed by atoms with van der Waals surface area (Å²) in [5.74, 6) is -0.512. The topological polar surface area (TPSA) is 76.4 Å². The summed E-state index contributed by atoms with van der Waals surface area (Å²) in [6.45, 7) is 7.10. The molecule has 0 atom stereocenters. The van der Waals surface area contributed by atoms with Gasteiger partial charge in [-0.1, -0.05) is 26.8 Å². The summed E-state index contributed by atoms with van der Waals surface area (Å²) >= 11 is 0. The van der Waals surface area contributed by atoms with E-state index in [2.05, 4.69) is 5.32 Å². The molecule has 0 unspecified atom stereocenters. The lowest BCUT2D eigenvalue weighted by molar-refractivity contribution is 0.164. The second-order valence-electron chi connectivity index (χ2n) is 6.64. The summed E-state index contributed by atoms with van der Waals surface area (Å²) in [7, 11) is 0. The molecule has 0 heterocycles. The molecule has 0 spiro atoms. The van der Waals surface area contributed by atoms with Gasteiger partial charge < -0.3 is 15.3 Å². The van der Waals surface area contributed by atoms with E-state index in [0.29, 0.717) is 25.1 Å². The van der Waals surface area contributed by atoms with E-state index in [1.165, 1.54) is 12.1 Å². The fourth-order valence-corrected chi connectivity index (χ4v) is 2.13. The molecule has 0 radical (unpaired) electrons. The number of rotatable bonds is 6. The van der Waals surface area contributed by atoms with Gasteiger partial charge in [0, 0.05) is 31.8 Å². The number of aliphatic hydroxyl groups excluding tert-OH is 1. The molecule has 126 valence electrons. The van der Waals surface area contributed by atoms with Gasteiger partial charge in [0.25, 0.3) is 0 Å². The van der Waals surface area contributed by atoms with E-state index in [1.807, 2.05) is 26.8 Å². The van der Waals surface area contributed by atoms with Gasteiger partial charge in [-0.3, -0.25) is 0 Å². The zero-order valence-corrected chi connectivity index (χ0v) is 13.9. The molecule has 6 heteroatoms. The quantitative estimate of drug-likeness (QED) is 0.845. The summed E-state index contributed by atoms with van der Waals surface area (Å²) < 4.78 is 13.8. The Morgan fingerprint density at radius 3 is 2.65 bits per heavy atom. The average molecular weight is 321 g/mol. The first-order valence-corrected chi connectivity index (χ1v) is 7.59. The molecule has 0 bridgehead atoms. The SMILES string of the molecule is CC(C)(C)CN(CCCO)C(=O)NCc1ccc(C#N)cc1F. The minimum Gasteiger partial charge on any atom is -0.396 e. The number of benzene rings is 1. The van der Waals surface area contributed by atoms with Crippen molar-refractivity contribution in [1.29, 1.82) is 5.26 Å². The van der Waals surface area contributed by atoms with Crippen LogP contribution in [0, 0.1) is 22.6 Å². The van der Waals surface area contributed by atoms with Crippen LogP contribution >= 0.6 is 0 Å². The summed E-state index contributed by atoms with van der Waals surface area (Å²) in [5.41, 5.74) is 0.497. The summed E-state index contributed by atoms with van der Waals surface area (Å²) in [6.07, 6.45) is 0.495. The standard InChI is InChI=1S/C17H24FN3O2/c1-17(2,3)12-21(7-4-8-22)16(23)20-11-14-6-5-13(10-19)9-15(14)18/h5-6,9,22H,4,7-8,11-12H2,1-3H3,(H,20,23). The lowest BCUT2D eigenvalue weighted by Crippen LogP contribution is -2.44. The van der Waals surface area contributed by atoms with Gasteiger partial charge in [-0.25, -0.2) is 9.18 Å². The largest absolute Gasteiger partial charge is 0.396 e. The van der Waals surface area contributed by atoms with Crippen LogP contribution in [-0.2, 0) is 6.54 Å². The first kappa shape index (κ1) is 18.9. The van der Waals surface area contributed by atoms with Crippen molar-refractivity contribution in [3.8, 4) is 6.07 Å². The lowest BCUT2D eigenvalue weighted by atomic mass is 9.96. The van der Waals surface area contributed by atoms with Crippen molar-refractivity contribution >= 4 is 6.03 Å². The maximum Gasteiger partial charge on any atom is 0.317 e. The third-order valence-electron chi connectivity index (χ3n) is 3.15. The van der Waals surface area contributed by atoms with Crippen LogP contribution in [0.1, 0.15) is 38.3 Å². The number of nitriles is 1. The van der Waals surface area contributed by atoms with Crippen LogP contribution in [0.3, 0.4) is 0 Å². The first-order chi connectivity index (χ1) is 10.8. The normalized spacial score (nSPS) is 11.0. The van der Waals surface area contributed by atoms with Gasteiger partial charge in [0.2, 0.25) is 0 Å². The molecule has 0 aliphatic heterocycles. The summed E-state index contributed by atoms with van der Waals surface area (Å²) in [5, 5.41) is 20.4. The number of hydrogen-bond donors (Lipinski definition) is 2. The Morgan fingerprint density at radius 2 is 2.13 bits per heavy atom. The Bertz CT molecular complexity index is 576. The number of carbonyl (C=O) groups is 1. The van der Waals surface area contributed by atoms with Gasteiger partial charge in [0.15, 0.2) is 0 Å². The molecule has 0 saturated heterocycles. The van der Waals surface area contributed by atoms with Crippen LogP contribution < -0.4 is 5.32 Å². The molecular formula is C17H24FN3O2. The summed E-state index contributed by atoms with van der Waals surface area (Å²) in [6, 6.07) is 5.74. The molecule has 1 rings (SSSR count). The third kappa shape index (κ3) is 6.66. The second-order valence-corrected chi connectivity index (χ2v) is 6.64. The van der Waals surface area contributed by atoms with Gasteiger partial charge in [0.1, 0.15) is 5.82 Å². The predicted molar refractivity (Wildman–Crippen MR) is 86.1 cm³/mol. The maximum absolute atomic E-state index is 13.8. The Balaban J connectivity index is 2.69. The van der Waals surface area contributed by atoms with Crippen LogP contribution in [0.2, 0.25) is 0 Å². The van der Waals surface area contributed by atoms with E-state index in [9.17, 15) is 9.18 Å². The highest BCUT2D eigenvalue weighted by Crippen LogP contribution is 2.16. The number of nitrogens with zero attached hydrogens (tertiary/aromatic N) is 2. The fraction of sp³-hybridized carbons (Fsp3) is 0.529. The number of hydrogen-bond acceptors (Lipinski definition) is 3. The van der Waals surface area contributed by atoms with E-state index in [4.69, 9.17) is 10.4 Å². The van der Waals surface area contributed by atoms with Crippen LogP contribution in [0.4, 0.5) is 9.18 Å². The molecule has 0 saturated carbocycles. The average Bonchev–Trinajstić information content (AvgIpc) is 2.48. The Morgan fingerprint density at radius 1 is 1.43 bits per heavy atom. The Kier molecular flexibility index (Phi) is 6.98. The lowest BCUT2D eigenvalue weighted by Gasteiger charge is -2.30. The Labute approximate surface area is 136 Å². The Hall–Kier alpha value is -2.13. The van der Waals surface area contributed by atoms with Crippen molar-refractivity contribution in [3.63, 3.8) is 0 Å². The van der Waals surface area contributed by atoms with E-state index in [-0.39, 0.29) is 30.2 Å². The smallest absolute Gasteiger partial charge is 0.317 e. The highest BCUT2D eigenvalue weighted by molar-refractivity contribution is 5.74. The monoisotopic (exact) mass is 321 g/mol. The van der Waals surface area contributed by atoms with Crippen LogP contribution in [0.5, 0.6) is 0 Å². The van der Waals surface area contributed by atoms with Crippen molar-refractivity contribution in [3.05, 3.63) is 35.1 Å². The van der Waals surface area contributed by atoms with E-state index in [1.54, 1.807) is 4.90 Å². The molecule has 1 aromatic rings. The van der Waals surface area contributed by atoms with Crippen molar-refractivity contribution in [2.45, 2.75) is 33.7 Å². The van der Waals surface area contributed by atoms with Gasteiger partial charge in [0.05, 0.1) is 11.6 Å². The highest BCUT2D eigenvalue weighted by atomic mass is 19.1. The van der Waals surface area contributed by atoms with Gasteiger partial charge >= 0.3 is 6.03 Å². The van der Waals surface area contributed by atoms with Crippen molar-refractivity contribution < 1.29 is 14.3 Å². The van der Waals surface area contributed by atoms with E-state index >= 15 is 0 Å². The molecule has 23 heavy (non-hydrogen) atoms. The van der Waals surface area contributed by atoms with Gasteiger partial charge in [-0.15, -0.1) is 0 Å². The zero-order chi connectivity index (χ0) is 17.5. The zero-order valence-electron chi connectivity index (χ0n) is 13.9. The number of carbonyl (C=O) groups excluding carboxylic acids is 1. The predicted octanol–water partition coefficient (Wildman–Crippen LogP) is 2.64. The maximum atomic E-state index is 13.8. The molecule has 0 fully saturated rings. The molecule has 2 amide bonds. The van der Waals surface area contributed by atoms with Crippen molar-refractivity contribution in [1.82, 2.24) is 10.2 Å². The van der Waals surface area contributed by atoms with Crippen molar-refractivity contribution in [2.24, 2.45) is 5.41 Å². The molecule has 0 aliphatic carbocycles. The van der Waals surface area contributed by atoms with Gasteiger partial charge in [-0.05, 0) is 24.0 Å². The summed E-state index contributed by atoms with van der Waals surface area (Å²) in [4.78, 5) is 13.9. The van der Waals surface area contributed by atoms with E-state index in [0.717, 1.165) is 6.07 Å². The van der Waals surface area contributed by atoms with Gasteiger partial charge in [-0.2, -0.15) is 5.26 Å². The van der Waals surface area contributed by atoms with E-state index < -0.39 is 5.82 Å². The molecule has 5 nitrogen and oxygen atoms in total. The van der Waals surface area contributed by atoms with Crippen LogP contribution in [0.25, 0.3) is 0 Å². The first-order valence-electron chi connectivity index (χ1n) is 7.59. The molecule has 0 aliphatic rings. The molecule has 0 aromatic heterocycles. The number of nitrogens with one attached hydrogen (secondary N) is 1. The van der Waals surface area contributed by atoms with Crippen LogP contribution in [-0.4, -0.2) is 35.7 Å². The second kappa shape index (κ2) is 8.49. The number of aliphatic hydroxyl groups is 1. The minimum absolute atomic E-state index is 0.0121. The molecule has 2 N–H and O–H groups in total.